The van der Waals surface area contributed by atoms with Crippen LogP contribution in [-0.2, 0) is 0 Å². The third kappa shape index (κ3) is 3.37. The number of nitrogens with zero attached hydrogens (tertiary/aromatic N) is 2. The molecule has 2 aromatic carbocycles. The molecule has 0 radical (unpaired) electrons. The summed E-state index contributed by atoms with van der Waals surface area (Å²) in [6.45, 7) is 2.16. The maximum atomic E-state index is 6.11. The van der Waals surface area contributed by atoms with Gasteiger partial charge in [0.25, 0.3) is 0 Å². The summed E-state index contributed by atoms with van der Waals surface area (Å²) < 4.78 is 8.12. The third-order valence-electron chi connectivity index (χ3n) is 3.63. The molecule has 0 aliphatic heterocycles. The van der Waals surface area contributed by atoms with Gasteiger partial charge in [-0.2, -0.15) is 0 Å². The molecule has 1 atom stereocenters. The number of imidazole rings is 1. The van der Waals surface area contributed by atoms with Crippen LogP contribution in [0.3, 0.4) is 0 Å². The summed E-state index contributed by atoms with van der Waals surface area (Å²) in [5, 5.41) is 0. The predicted octanol–water partition coefficient (Wildman–Crippen LogP) is 4.93. The van der Waals surface area contributed by atoms with Crippen LogP contribution >= 0.6 is 0 Å². The van der Waals surface area contributed by atoms with Crippen molar-refractivity contribution in [3.63, 3.8) is 0 Å². The highest BCUT2D eigenvalue weighted by molar-refractivity contribution is 5.63. The lowest BCUT2D eigenvalue weighted by Crippen LogP contribution is -2.14. The average Bonchev–Trinajstić information content (AvgIpc) is 3.10. The van der Waals surface area contributed by atoms with E-state index in [1.807, 2.05) is 29.0 Å². The number of hydrogen-bond donors (Lipinski definition) is 0. The largest absolute Gasteiger partial charge is 0.470 e. The first-order valence-corrected chi connectivity index (χ1v) is 7.66. The Morgan fingerprint density at radius 2 is 1.73 bits per heavy atom. The molecule has 0 aliphatic carbocycles. The molecule has 0 saturated heterocycles. The zero-order valence-electron chi connectivity index (χ0n) is 12.7. The lowest BCUT2D eigenvalue weighted by Gasteiger charge is -2.20. The third-order valence-corrected chi connectivity index (χ3v) is 3.63. The molecule has 1 heterocycles. The Morgan fingerprint density at radius 3 is 2.36 bits per heavy atom. The zero-order chi connectivity index (χ0) is 15.2. The molecule has 1 unspecified atom stereocenters. The van der Waals surface area contributed by atoms with Crippen molar-refractivity contribution in [3.8, 4) is 16.9 Å². The summed E-state index contributed by atoms with van der Waals surface area (Å²) in [6, 6.07) is 18.6. The monoisotopic (exact) mass is 292 g/mol. The van der Waals surface area contributed by atoms with E-state index in [9.17, 15) is 0 Å². The summed E-state index contributed by atoms with van der Waals surface area (Å²) in [7, 11) is 0. The first kappa shape index (κ1) is 14.4. The van der Waals surface area contributed by atoms with E-state index in [-0.39, 0.29) is 6.23 Å². The molecule has 1 aromatic heterocycles. The van der Waals surface area contributed by atoms with Crippen LogP contribution in [0.5, 0.6) is 5.75 Å². The molecule has 0 saturated carbocycles. The number of aromatic nitrogens is 2. The van der Waals surface area contributed by atoms with Gasteiger partial charge in [0.1, 0.15) is 5.75 Å². The summed E-state index contributed by atoms with van der Waals surface area (Å²) in [5.74, 6) is 0.881. The summed E-state index contributed by atoms with van der Waals surface area (Å²) in [5.41, 5.74) is 2.41. The van der Waals surface area contributed by atoms with Crippen molar-refractivity contribution in [2.75, 3.05) is 0 Å². The maximum absolute atomic E-state index is 6.11. The van der Waals surface area contributed by atoms with Crippen molar-refractivity contribution in [3.05, 3.63) is 73.3 Å². The molecule has 0 spiro atoms. The van der Waals surface area contributed by atoms with Crippen molar-refractivity contribution in [1.29, 1.82) is 0 Å². The highest BCUT2D eigenvalue weighted by Crippen LogP contribution is 2.25. The molecule has 3 nitrogen and oxygen atoms in total. The molecule has 3 rings (SSSR count). The topological polar surface area (TPSA) is 27.1 Å². The summed E-state index contributed by atoms with van der Waals surface area (Å²) in [4.78, 5) is 4.10. The van der Waals surface area contributed by atoms with Crippen molar-refractivity contribution in [1.82, 2.24) is 9.55 Å². The Balaban J connectivity index is 1.75. The second-order valence-corrected chi connectivity index (χ2v) is 5.26. The fourth-order valence-electron chi connectivity index (χ4n) is 2.47. The van der Waals surface area contributed by atoms with E-state index in [1.165, 1.54) is 11.1 Å². The van der Waals surface area contributed by atoms with Gasteiger partial charge in [0.2, 0.25) is 0 Å². The molecule has 3 aromatic rings. The molecule has 0 aliphatic rings. The number of rotatable bonds is 6. The van der Waals surface area contributed by atoms with Crippen LogP contribution in [0.4, 0.5) is 0 Å². The van der Waals surface area contributed by atoms with Gasteiger partial charge in [-0.15, -0.1) is 0 Å². The minimum absolute atomic E-state index is 0.00456. The van der Waals surface area contributed by atoms with Crippen LogP contribution in [-0.4, -0.2) is 9.55 Å². The van der Waals surface area contributed by atoms with Crippen LogP contribution in [0.15, 0.2) is 73.3 Å². The molecular weight excluding hydrogens is 272 g/mol. The van der Waals surface area contributed by atoms with Gasteiger partial charge in [-0.3, -0.25) is 0 Å². The zero-order valence-corrected chi connectivity index (χ0v) is 12.7. The quantitative estimate of drug-likeness (QED) is 0.644. The Hall–Kier alpha value is -2.55. The van der Waals surface area contributed by atoms with Crippen LogP contribution in [0.1, 0.15) is 26.0 Å². The van der Waals surface area contributed by atoms with Crippen molar-refractivity contribution in [2.45, 2.75) is 26.0 Å². The predicted molar refractivity (Wildman–Crippen MR) is 88.7 cm³/mol. The average molecular weight is 292 g/mol. The Kier molecular flexibility index (Phi) is 4.54. The minimum atomic E-state index is -0.00456. The van der Waals surface area contributed by atoms with Crippen molar-refractivity contribution < 1.29 is 4.74 Å². The van der Waals surface area contributed by atoms with E-state index < -0.39 is 0 Å². The Morgan fingerprint density at radius 1 is 1.00 bits per heavy atom. The van der Waals surface area contributed by atoms with E-state index >= 15 is 0 Å². The van der Waals surface area contributed by atoms with Crippen LogP contribution in [0.25, 0.3) is 11.1 Å². The van der Waals surface area contributed by atoms with E-state index in [0.29, 0.717) is 0 Å². The second-order valence-electron chi connectivity index (χ2n) is 5.26. The number of hydrogen-bond acceptors (Lipinski definition) is 2. The standard InChI is InChI=1S/C19H20N2O/c1-2-6-19(21-14-13-20-15-21)22-18-11-9-17(10-12-18)16-7-4-3-5-8-16/h3-5,7-15,19H,2,6H2,1H3. The Labute approximate surface area is 131 Å². The minimum Gasteiger partial charge on any atom is -0.470 e. The fourth-order valence-corrected chi connectivity index (χ4v) is 2.47. The summed E-state index contributed by atoms with van der Waals surface area (Å²) in [6.07, 6.45) is 7.54. The molecule has 0 amide bonds. The van der Waals surface area contributed by atoms with Gasteiger partial charge in [0, 0.05) is 18.8 Å². The van der Waals surface area contributed by atoms with Gasteiger partial charge in [0.15, 0.2) is 6.23 Å². The molecule has 3 heteroatoms. The maximum Gasteiger partial charge on any atom is 0.176 e. The highest BCUT2D eigenvalue weighted by Gasteiger charge is 2.11. The summed E-state index contributed by atoms with van der Waals surface area (Å²) >= 11 is 0. The first-order valence-electron chi connectivity index (χ1n) is 7.66. The first-order chi connectivity index (χ1) is 10.9. The normalized spacial score (nSPS) is 12.0. The van der Waals surface area contributed by atoms with Gasteiger partial charge >= 0.3 is 0 Å². The second kappa shape index (κ2) is 6.94. The lowest BCUT2D eigenvalue weighted by molar-refractivity contribution is 0.121. The van der Waals surface area contributed by atoms with Crippen molar-refractivity contribution in [2.24, 2.45) is 0 Å². The molecule has 112 valence electrons. The molecule has 0 fully saturated rings. The van der Waals surface area contributed by atoms with Crippen LogP contribution in [0.2, 0.25) is 0 Å². The molecule has 0 N–H and O–H groups in total. The van der Waals surface area contributed by atoms with Gasteiger partial charge in [-0.1, -0.05) is 55.8 Å². The fraction of sp³-hybridized carbons (Fsp3) is 0.211. The van der Waals surface area contributed by atoms with Gasteiger partial charge in [-0.05, 0) is 23.3 Å². The highest BCUT2D eigenvalue weighted by atomic mass is 16.5. The van der Waals surface area contributed by atoms with Gasteiger partial charge in [-0.25, -0.2) is 4.98 Å². The lowest BCUT2D eigenvalue weighted by atomic mass is 10.1. The van der Waals surface area contributed by atoms with E-state index in [2.05, 4.69) is 48.3 Å². The van der Waals surface area contributed by atoms with Gasteiger partial charge in [0.05, 0.1) is 6.33 Å². The number of benzene rings is 2. The van der Waals surface area contributed by atoms with Crippen molar-refractivity contribution >= 4 is 0 Å². The van der Waals surface area contributed by atoms with E-state index in [4.69, 9.17) is 4.74 Å². The van der Waals surface area contributed by atoms with Crippen LogP contribution < -0.4 is 4.74 Å². The van der Waals surface area contributed by atoms with E-state index in [0.717, 1.165) is 18.6 Å². The Bertz CT molecular complexity index is 675. The van der Waals surface area contributed by atoms with Gasteiger partial charge < -0.3 is 9.30 Å². The SMILES string of the molecule is CCCC(Oc1ccc(-c2ccccc2)cc1)n1ccnc1. The van der Waals surface area contributed by atoms with Crippen LogP contribution in [0, 0.1) is 0 Å². The molecular formula is C19H20N2O. The smallest absolute Gasteiger partial charge is 0.176 e. The van der Waals surface area contributed by atoms with E-state index in [1.54, 1.807) is 12.5 Å². The molecule has 0 bridgehead atoms. The number of ether oxygens (including phenoxy) is 1. The molecule has 22 heavy (non-hydrogen) atoms.